The number of non-ortho nitro benzene ring substituents is 1. The van der Waals surface area contributed by atoms with Crippen molar-refractivity contribution in [3.05, 3.63) is 58.0 Å². The van der Waals surface area contributed by atoms with Gasteiger partial charge in [-0.25, -0.2) is 9.69 Å². The van der Waals surface area contributed by atoms with Gasteiger partial charge in [-0.1, -0.05) is 12.1 Å². The van der Waals surface area contributed by atoms with Crippen molar-refractivity contribution in [3.8, 4) is 11.3 Å². The number of benzene rings is 1. The normalized spacial score (nSPS) is 15.1. The summed E-state index contributed by atoms with van der Waals surface area (Å²) in [6, 6.07) is 8.27. The Kier molecular flexibility index (Phi) is 4.71. The number of nitrogens with one attached hydrogen (secondary N) is 1. The van der Waals surface area contributed by atoms with E-state index in [1.807, 2.05) is 0 Å². The number of rotatable bonds is 5. The molecule has 10 nitrogen and oxygen atoms in total. The van der Waals surface area contributed by atoms with Crippen LogP contribution in [0.15, 0.2) is 46.5 Å². The number of nitro benzene ring substituents is 1. The first-order chi connectivity index (χ1) is 12.9. The predicted molar refractivity (Wildman–Crippen MR) is 91.0 cm³/mol. The van der Waals surface area contributed by atoms with Crippen LogP contribution in [0, 0.1) is 10.1 Å². The third-order valence-corrected chi connectivity index (χ3v) is 3.73. The van der Waals surface area contributed by atoms with E-state index in [1.54, 1.807) is 18.2 Å². The van der Waals surface area contributed by atoms with Gasteiger partial charge in [0, 0.05) is 23.8 Å². The highest BCUT2D eigenvalue weighted by atomic mass is 16.6. The molecule has 0 atom stereocenters. The summed E-state index contributed by atoms with van der Waals surface area (Å²) in [6.45, 7) is -0.504. The molecule has 0 spiro atoms. The van der Waals surface area contributed by atoms with E-state index in [0.29, 0.717) is 16.2 Å². The van der Waals surface area contributed by atoms with Gasteiger partial charge in [-0.3, -0.25) is 19.7 Å². The molecular formula is C17H13N3O7. The van der Waals surface area contributed by atoms with Crippen LogP contribution in [-0.2, 0) is 14.3 Å². The molecule has 138 valence electrons. The second kappa shape index (κ2) is 7.12. The molecule has 10 heteroatoms. The Bertz CT molecular complexity index is 976. The summed E-state index contributed by atoms with van der Waals surface area (Å²) in [6.07, 6.45) is 1.30. The maximum Gasteiger partial charge on any atom is 0.329 e. The summed E-state index contributed by atoms with van der Waals surface area (Å²) in [5.41, 5.74) is 0.340. The van der Waals surface area contributed by atoms with Crippen molar-refractivity contribution in [1.82, 2.24) is 10.2 Å². The highest BCUT2D eigenvalue weighted by Crippen LogP contribution is 2.27. The number of hydrogen-bond donors (Lipinski definition) is 1. The molecule has 0 saturated carbocycles. The summed E-state index contributed by atoms with van der Waals surface area (Å²) in [5.74, 6) is -0.821. The molecule has 1 aromatic carbocycles. The molecule has 2 heterocycles. The van der Waals surface area contributed by atoms with Crippen LogP contribution in [0.1, 0.15) is 5.76 Å². The Labute approximate surface area is 152 Å². The minimum absolute atomic E-state index is 0.0659. The molecule has 3 amide bonds. The van der Waals surface area contributed by atoms with Crippen molar-refractivity contribution in [3.63, 3.8) is 0 Å². The van der Waals surface area contributed by atoms with E-state index in [9.17, 15) is 24.5 Å². The van der Waals surface area contributed by atoms with Gasteiger partial charge >= 0.3 is 12.0 Å². The van der Waals surface area contributed by atoms with Gasteiger partial charge < -0.3 is 14.5 Å². The van der Waals surface area contributed by atoms with E-state index in [4.69, 9.17) is 4.42 Å². The SMILES string of the molecule is COC(=O)CN1C(=O)N/C(=C/c2ccc(-c3cccc([N+](=O)[O-])c3)o2)C1=O. The molecule has 1 aliphatic heterocycles. The van der Waals surface area contributed by atoms with Crippen molar-refractivity contribution in [2.75, 3.05) is 13.7 Å². The van der Waals surface area contributed by atoms with Crippen molar-refractivity contribution in [2.24, 2.45) is 0 Å². The molecule has 1 fully saturated rings. The van der Waals surface area contributed by atoms with Gasteiger partial charge in [0.15, 0.2) is 0 Å². The summed E-state index contributed by atoms with van der Waals surface area (Å²) in [7, 11) is 1.15. The number of hydrogen-bond acceptors (Lipinski definition) is 7. The number of carbonyl (C=O) groups excluding carboxylic acids is 3. The number of furan rings is 1. The van der Waals surface area contributed by atoms with E-state index in [0.717, 1.165) is 7.11 Å². The maximum atomic E-state index is 12.2. The quantitative estimate of drug-likeness (QED) is 0.279. The molecule has 3 rings (SSSR count). The zero-order valence-electron chi connectivity index (χ0n) is 14.0. The fourth-order valence-corrected chi connectivity index (χ4v) is 2.41. The highest BCUT2D eigenvalue weighted by molar-refractivity contribution is 6.15. The smallest absolute Gasteiger partial charge is 0.329 e. The Hall–Kier alpha value is -3.95. The first kappa shape index (κ1) is 17.9. The average Bonchev–Trinajstić information content (AvgIpc) is 3.22. The first-order valence-electron chi connectivity index (χ1n) is 7.65. The van der Waals surface area contributed by atoms with Crippen LogP contribution in [0.5, 0.6) is 0 Å². The first-order valence-corrected chi connectivity index (χ1v) is 7.65. The Morgan fingerprint density at radius 1 is 1.33 bits per heavy atom. The van der Waals surface area contributed by atoms with Gasteiger partial charge in [0.05, 0.1) is 12.0 Å². The van der Waals surface area contributed by atoms with Gasteiger partial charge in [-0.05, 0) is 12.1 Å². The van der Waals surface area contributed by atoms with Gasteiger partial charge in [0.1, 0.15) is 23.8 Å². The number of imide groups is 1. The molecule has 27 heavy (non-hydrogen) atoms. The summed E-state index contributed by atoms with van der Waals surface area (Å²) < 4.78 is 10.0. The Balaban J connectivity index is 1.82. The molecule has 0 aliphatic carbocycles. The lowest BCUT2D eigenvalue weighted by Gasteiger charge is -2.08. The van der Waals surface area contributed by atoms with Crippen LogP contribution in [0.4, 0.5) is 10.5 Å². The number of urea groups is 1. The molecule has 1 aliphatic rings. The van der Waals surface area contributed by atoms with Gasteiger partial charge in [-0.15, -0.1) is 0 Å². The summed E-state index contributed by atoms with van der Waals surface area (Å²) in [4.78, 5) is 46.4. The molecule has 1 saturated heterocycles. The lowest BCUT2D eigenvalue weighted by molar-refractivity contribution is -0.384. The molecular weight excluding hydrogens is 358 g/mol. The number of esters is 1. The average molecular weight is 371 g/mol. The minimum Gasteiger partial charge on any atom is -0.468 e. The number of nitrogens with zero attached hydrogens (tertiary/aromatic N) is 2. The standard InChI is InChI=1S/C17H13N3O7/c1-26-15(21)9-19-16(22)13(18-17(19)23)8-12-5-6-14(27-12)10-3-2-4-11(7-10)20(24)25/h2-8H,9H2,1H3,(H,18,23)/b13-8+. The molecule has 0 radical (unpaired) electrons. The number of ether oxygens (including phenoxy) is 1. The predicted octanol–water partition coefficient (Wildman–Crippen LogP) is 1.92. The highest BCUT2D eigenvalue weighted by Gasteiger charge is 2.35. The van der Waals surface area contributed by atoms with Crippen molar-refractivity contribution in [1.29, 1.82) is 0 Å². The van der Waals surface area contributed by atoms with Crippen LogP contribution < -0.4 is 5.32 Å². The van der Waals surface area contributed by atoms with Crippen molar-refractivity contribution >= 4 is 29.7 Å². The summed E-state index contributed by atoms with van der Waals surface area (Å²) >= 11 is 0. The fourth-order valence-electron chi connectivity index (χ4n) is 2.41. The second-order valence-electron chi connectivity index (χ2n) is 5.47. The van der Waals surface area contributed by atoms with Crippen molar-refractivity contribution < 1.29 is 28.5 Å². The number of nitro groups is 1. The Morgan fingerprint density at radius 3 is 2.81 bits per heavy atom. The lowest BCUT2D eigenvalue weighted by Crippen LogP contribution is -2.36. The third kappa shape index (κ3) is 3.68. The van der Waals surface area contributed by atoms with Crippen LogP contribution in [0.25, 0.3) is 17.4 Å². The fraction of sp³-hybridized carbons (Fsp3) is 0.118. The van der Waals surface area contributed by atoms with E-state index in [2.05, 4.69) is 10.1 Å². The molecule has 2 aromatic rings. The van der Waals surface area contributed by atoms with Gasteiger partial charge in [-0.2, -0.15) is 0 Å². The number of carbonyl (C=O) groups is 3. The molecule has 1 N–H and O–H groups in total. The van der Waals surface area contributed by atoms with Crippen LogP contribution in [0.3, 0.4) is 0 Å². The van der Waals surface area contributed by atoms with E-state index >= 15 is 0 Å². The van der Waals surface area contributed by atoms with Crippen molar-refractivity contribution in [2.45, 2.75) is 0 Å². The minimum atomic E-state index is -0.748. The van der Waals surface area contributed by atoms with Gasteiger partial charge in [0.2, 0.25) is 0 Å². The van der Waals surface area contributed by atoms with E-state index in [-0.39, 0.29) is 17.1 Å². The van der Waals surface area contributed by atoms with Crippen LogP contribution in [0.2, 0.25) is 0 Å². The lowest BCUT2D eigenvalue weighted by atomic mass is 10.1. The molecule has 1 aromatic heterocycles. The number of methoxy groups -OCH3 is 1. The topological polar surface area (TPSA) is 132 Å². The number of amides is 3. The zero-order valence-corrected chi connectivity index (χ0v) is 14.0. The zero-order chi connectivity index (χ0) is 19.6. The van der Waals surface area contributed by atoms with Crippen LogP contribution in [-0.4, -0.2) is 41.4 Å². The monoisotopic (exact) mass is 371 g/mol. The molecule has 0 unspecified atom stereocenters. The maximum absolute atomic E-state index is 12.2. The third-order valence-electron chi connectivity index (χ3n) is 3.73. The van der Waals surface area contributed by atoms with E-state index in [1.165, 1.54) is 24.3 Å². The summed E-state index contributed by atoms with van der Waals surface area (Å²) in [5, 5.41) is 13.2. The Morgan fingerprint density at radius 2 is 2.11 bits per heavy atom. The van der Waals surface area contributed by atoms with Crippen LogP contribution >= 0.6 is 0 Å². The van der Waals surface area contributed by atoms with E-state index < -0.39 is 29.4 Å². The molecule has 0 bridgehead atoms. The second-order valence-corrected chi connectivity index (χ2v) is 5.47. The largest absolute Gasteiger partial charge is 0.468 e. The van der Waals surface area contributed by atoms with Gasteiger partial charge in [0.25, 0.3) is 11.6 Å².